The molecule has 4 nitrogen and oxygen atoms in total. The summed E-state index contributed by atoms with van der Waals surface area (Å²) in [7, 11) is 0. The summed E-state index contributed by atoms with van der Waals surface area (Å²) in [5, 5.41) is 12.1. The van der Waals surface area contributed by atoms with Gasteiger partial charge in [0.1, 0.15) is 0 Å². The monoisotopic (exact) mass is 276 g/mol. The van der Waals surface area contributed by atoms with Crippen LogP contribution in [0.5, 0.6) is 0 Å². The highest BCUT2D eigenvalue weighted by Gasteiger charge is 2.28. The predicted molar refractivity (Wildman–Crippen MR) is 79.3 cm³/mol. The van der Waals surface area contributed by atoms with Gasteiger partial charge in [-0.2, -0.15) is 11.8 Å². The lowest BCUT2D eigenvalue weighted by Gasteiger charge is -2.35. The van der Waals surface area contributed by atoms with Gasteiger partial charge in [-0.25, -0.2) is 0 Å². The molecule has 0 spiro atoms. The highest BCUT2D eigenvalue weighted by atomic mass is 32.2. The van der Waals surface area contributed by atoms with Gasteiger partial charge in [-0.3, -0.25) is 4.40 Å². The van der Waals surface area contributed by atoms with Crippen LogP contribution in [0.25, 0.3) is 5.65 Å². The molecule has 1 atom stereocenters. The number of hydrogen-bond donors (Lipinski definition) is 1. The normalized spacial score (nSPS) is 22.7. The summed E-state index contributed by atoms with van der Waals surface area (Å²) in [4.78, 5) is 0. The van der Waals surface area contributed by atoms with Crippen LogP contribution in [0.2, 0.25) is 0 Å². The number of pyridine rings is 1. The van der Waals surface area contributed by atoms with Crippen molar-refractivity contribution in [2.24, 2.45) is 5.41 Å². The van der Waals surface area contributed by atoms with Gasteiger partial charge in [-0.15, -0.1) is 10.2 Å². The summed E-state index contributed by atoms with van der Waals surface area (Å²) in [6.07, 6.45) is 3.25. The second-order valence-electron chi connectivity index (χ2n) is 6.01. The summed E-state index contributed by atoms with van der Waals surface area (Å²) in [5.74, 6) is 3.45. The Labute approximate surface area is 118 Å². The van der Waals surface area contributed by atoms with Crippen LogP contribution in [-0.4, -0.2) is 32.1 Å². The maximum absolute atomic E-state index is 4.26. The van der Waals surface area contributed by atoms with Crippen LogP contribution in [0.1, 0.15) is 26.1 Å². The Bertz CT molecular complexity index is 563. The Morgan fingerprint density at radius 3 is 3.16 bits per heavy atom. The smallest absolute Gasteiger partial charge is 0.160 e. The molecule has 3 heterocycles. The van der Waals surface area contributed by atoms with E-state index in [2.05, 4.69) is 29.4 Å². The third-order valence-corrected chi connectivity index (χ3v) is 5.17. The molecule has 0 radical (unpaired) electrons. The summed E-state index contributed by atoms with van der Waals surface area (Å²) >= 11 is 2.05. The third kappa shape index (κ3) is 2.92. The van der Waals surface area contributed by atoms with Gasteiger partial charge in [0.25, 0.3) is 0 Å². The zero-order valence-electron chi connectivity index (χ0n) is 11.5. The molecule has 1 fully saturated rings. The summed E-state index contributed by atoms with van der Waals surface area (Å²) in [6.45, 7) is 5.48. The lowest BCUT2D eigenvalue weighted by atomic mass is 9.88. The second-order valence-corrected chi connectivity index (χ2v) is 7.04. The van der Waals surface area contributed by atoms with Gasteiger partial charge in [0.2, 0.25) is 0 Å². The van der Waals surface area contributed by atoms with Crippen LogP contribution >= 0.6 is 11.8 Å². The Hall–Kier alpha value is -1.07. The van der Waals surface area contributed by atoms with Crippen molar-refractivity contribution in [2.45, 2.75) is 32.9 Å². The molecule has 2 aromatic heterocycles. The average Bonchev–Trinajstić information content (AvgIpc) is 2.78. The fourth-order valence-corrected chi connectivity index (χ4v) is 3.95. The maximum atomic E-state index is 4.26. The molecule has 1 aliphatic heterocycles. The molecule has 102 valence electrons. The standard InChI is InChI=1S/C14H20N4S/c1-14(2)7-11(9-19-10-14)15-8-13-17-16-12-5-3-4-6-18(12)13/h3-6,11,15H,7-10H2,1-2H3. The molecule has 0 amide bonds. The van der Waals surface area contributed by atoms with Crippen LogP contribution in [0.3, 0.4) is 0 Å². The first-order valence-corrected chi connectivity index (χ1v) is 7.89. The molecule has 1 N–H and O–H groups in total. The first-order valence-electron chi connectivity index (χ1n) is 6.74. The van der Waals surface area contributed by atoms with E-state index in [1.807, 2.05) is 40.6 Å². The molecule has 0 aliphatic carbocycles. The van der Waals surface area contributed by atoms with Crippen molar-refractivity contribution in [1.29, 1.82) is 0 Å². The van der Waals surface area contributed by atoms with Crippen LogP contribution in [0.4, 0.5) is 0 Å². The molecule has 1 aliphatic rings. The summed E-state index contributed by atoms with van der Waals surface area (Å²) < 4.78 is 2.05. The van der Waals surface area contributed by atoms with E-state index < -0.39 is 0 Å². The molecular formula is C14H20N4S. The average molecular weight is 276 g/mol. The van der Waals surface area contributed by atoms with Gasteiger partial charge >= 0.3 is 0 Å². The molecule has 3 rings (SSSR count). The summed E-state index contributed by atoms with van der Waals surface area (Å²) in [6, 6.07) is 6.56. The van der Waals surface area contributed by atoms with Crippen molar-refractivity contribution in [2.75, 3.05) is 11.5 Å². The van der Waals surface area contributed by atoms with Crippen LogP contribution < -0.4 is 5.32 Å². The minimum Gasteiger partial charge on any atom is -0.306 e. The van der Waals surface area contributed by atoms with Gasteiger partial charge in [0.15, 0.2) is 11.5 Å². The molecule has 0 aromatic carbocycles. The van der Waals surface area contributed by atoms with Crippen molar-refractivity contribution in [3.63, 3.8) is 0 Å². The number of aromatic nitrogens is 3. The first-order chi connectivity index (χ1) is 9.14. The van der Waals surface area contributed by atoms with Crippen LogP contribution in [0.15, 0.2) is 24.4 Å². The van der Waals surface area contributed by atoms with Gasteiger partial charge in [-0.05, 0) is 29.7 Å². The van der Waals surface area contributed by atoms with Crippen LogP contribution in [-0.2, 0) is 6.54 Å². The van der Waals surface area contributed by atoms with E-state index in [1.54, 1.807) is 0 Å². The van der Waals surface area contributed by atoms with Crippen molar-refractivity contribution < 1.29 is 0 Å². The fraction of sp³-hybridized carbons (Fsp3) is 0.571. The molecule has 19 heavy (non-hydrogen) atoms. The third-order valence-electron chi connectivity index (χ3n) is 3.54. The number of rotatable bonds is 3. The SMILES string of the molecule is CC1(C)CSCC(NCc2nnc3ccccn23)C1. The van der Waals surface area contributed by atoms with E-state index in [4.69, 9.17) is 0 Å². The van der Waals surface area contributed by atoms with E-state index in [-0.39, 0.29) is 0 Å². The van der Waals surface area contributed by atoms with Crippen molar-refractivity contribution in [1.82, 2.24) is 19.9 Å². The van der Waals surface area contributed by atoms with E-state index >= 15 is 0 Å². The molecular weight excluding hydrogens is 256 g/mol. The zero-order valence-corrected chi connectivity index (χ0v) is 12.3. The first kappa shape index (κ1) is 12.9. The Morgan fingerprint density at radius 2 is 2.32 bits per heavy atom. The van der Waals surface area contributed by atoms with Gasteiger partial charge in [0.05, 0.1) is 6.54 Å². The maximum Gasteiger partial charge on any atom is 0.160 e. The van der Waals surface area contributed by atoms with E-state index in [0.29, 0.717) is 11.5 Å². The lowest BCUT2D eigenvalue weighted by Crippen LogP contribution is -2.40. The predicted octanol–water partition coefficient (Wildman–Crippen LogP) is 2.35. The van der Waals surface area contributed by atoms with Crippen molar-refractivity contribution in [3.05, 3.63) is 30.2 Å². The molecule has 1 saturated heterocycles. The van der Waals surface area contributed by atoms with E-state index in [1.165, 1.54) is 17.9 Å². The van der Waals surface area contributed by atoms with Crippen molar-refractivity contribution >= 4 is 17.4 Å². The van der Waals surface area contributed by atoms with E-state index in [0.717, 1.165) is 18.0 Å². The quantitative estimate of drug-likeness (QED) is 0.934. The van der Waals surface area contributed by atoms with Gasteiger partial charge < -0.3 is 5.32 Å². The van der Waals surface area contributed by atoms with E-state index in [9.17, 15) is 0 Å². The minimum atomic E-state index is 0.438. The van der Waals surface area contributed by atoms with Crippen LogP contribution in [0, 0.1) is 5.41 Å². The molecule has 2 aromatic rings. The number of thioether (sulfide) groups is 1. The van der Waals surface area contributed by atoms with Crippen molar-refractivity contribution in [3.8, 4) is 0 Å². The number of hydrogen-bond acceptors (Lipinski definition) is 4. The Kier molecular flexibility index (Phi) is 3.50. The number of nitrogens with one attached hydrogen (secondary N) is 1. The largest absolute Gasteiger partial charge is 0.306 e. The molecule has 1 unspecified atom stereocenters. The lowest BCUT2D eigenvalue weighted by molar-refractivity contribution is 0.316. The topological polar surface area (TPSA) is 42.2 Å². The molecule has 0 saturated carbocycles. The number of nitrogens with zero attached hydrogens (tertiary/aromatic N) is 3. The zero-order chi connectivity index (χ0) is 13.3. The second kappa shape index (κ2) is 5.13. The summed E-state index contributed by atoms with van der Waals surface area (Å²) in [5.41, 5.74) is 1.35. The van der Waals surface area contributed by atoms with Gasteiger partial charge in [0, 0.05) is 18.0 Å². The van der Waals surface area contributed by atoms with Gasteiger partial charge in [-0.1, -0.05) is 19.9 Å². The molecule has 0 bridgehead atoms. The Morgan fingerprint density at radius 1 is 1.42 bits per heavy atom. The minimum absolute atomic E-state index is 0.438. The Balaban J connectivity index is 1.66. The highest BCUT2D eigenvalue weighted by molar-refractivity contribution is 7.99. The number of fused-ring (bicyclic) bond motifs is 1. The highest BCUT2D eigenvalue weighted by Crippen LogP contribution is 2.33. The fourth-order valence-electron chi connectivity index (χ4n) is 2.64. The molecule has 5 heteroatoms.